The molecule has 0 N–H and O–H groups in total. The number of fused-ring (bicyclic) bond motifs is 7. The number of benzene rings is 2. The Labute approximate surface area is 236 Å². The molecule has 4 amide bonds. The molecule has 2 aromatic carbocycles. The van der Waals surface area contributed by atoms with Gasteiger partial charge in [0, 0.05) is 13.1 Å². The second-order valence-corrected chi connectivity index (χ2v) is 12.9. The van der Waals surface area contributed by atoms with Crippen molar-refractivity contribution in [3.63, 3.8) is 0 Å². The zero-order chi connectivity index (χ0) is 27.7. The maximum absolute atomic E-state index is 12.6. The highest BCUT2D eigenvalue weighted by atomic mass is 16.2. The Morgan fingerprint density at radius 1 is 0.600 bits per heavy atom. The number of aryl methyl sites for hydroxylation is 2. The van der Waals surface area contributed by atoms with Crippen LogP contribution in [-0.2, 0) is 12.8 Å². The molecule has 3 aliphatic carbocycles. The molecule has 6 heteroatoms. The normalized spacial score (nSPS) is 30.1. The Hall–Kier alpha value is -3.28. The number of rotatable bonds is 8. The molecular weight excluding hydrogens is 500 g/mol. The fourth-order valence-electron chi connectivity index (χ4n) is 9.18. The van der Waals surface area contributed by atoms with Crippen molar-refractivity contribution >= 4 is 23.6 Å². The maximum atomic E-state index is 12.6. The van der Waals surface area contributed by atoms with Crippen molar-refractivity contribution in [3.05, 3.63) is 69.8 Å². The highest BCUT2D eigenvalue weighted by Gasteiger charge is 2.55. The fourth-order valence-corrected chi connectivity index (χ4v) is 9.18. The summed E-state index contributed by atoms with van der Waals surface area (Å²) >= 11 is 0. The van der Waals surface area contributed by atoms with Crippen molar-refractivity contribution in [2.24, 2.45) is 35.5 Å². The lowest BCUT2D eigenvalue weighted by molar-refractivity contribution is 0.0647. The van der Waals surface area contributed by atoms with Gasteiger partial charge in [-0.1, -0.05) is 12.1 Å². The smallest absolute Gasteiger partial charge is 0.261 e. The number of amides is 4. The molecule has 0 spiro atoms. The van der Waals surface area contributed by atoms with Crippen molar-refractivity contribution in [1.82, 2.24) is 9.80 Å². The van der Waals surface area contributed by atoms with Crippen LogP contribution in [0.1, 0.15) is 105 Å². The minimum Gasteiger partial charge on any atom is -0.275 e. The third-order valence-corrected chi connectivity index (χ3v) is 11.1. The van der Waals surface area contributed by atoms with Crippen molar-refractivity contribution < 1.29 is 19.2 Å². The molecule has 2 heterocycles. The molecule has 2 bridgehead atoms. The first kappa shape index (κ1) is 25.7. The van der Waals surface area contributed by atoms with Gasteiger partial charge in [-0.15, -0.1) is 0 Å². The SMILES string of the molecule is CCN1C(=O)c2ccc(CCC3CC4C5CC(CCc6ccc7c(c6)C(=O)N(CC)C7=O)C(C5)C4C3)cc2C1=O. The van der Waals surface area contributed by atoms with E-state index in [0.717, 1.165) is 54.8 Å². The number of carbonyl (C=O) groups is 4. The van der Waals surface area contributed by atoms with Crippen LogP contribution < -0.4 is 0 Å². The van der Waals surface area contributed by atoms with Gasteiger partial charge in [-0.25, -0.2) is 0 Å². The summed E-state index contributed by atoms with van der Waals surface area (Å²) in [5, 5.41) is 0. The minimum atomic E-state index is -0.161. The molecule has 5 aliphatic rings. The van der Waals surface area contributed by atoms with E-state index in [9.17, 15) is 19.2 Å². The Balaban J connectivity index is 0.948. The highest BCUT2D eigenvalue weighted by molar-refractivity contribution is 6.22. The van der Waals surface area contributed by atoms with Crippen molar-refractivity contribution in [3.8, 4) is 0 Å². The van der Waals surface area contributed by atoms with E-state index in [1.165, 1.54) is 53.0 Å². The minimum absolute atomic E-state index is 0.146. The molecule has 3 saturated carbocycles. The quantitative estimate of drug-likeness (QED) is 0.399. The summed E-state index contributed by atoms with van der Waals surface area (Å²) in [6.45, 7) is 4.52. The molecule has 6 atom stereocenters. The first-order valence-corrected chi connectivity index (χ1v) is 15.4. The van der Waals surface area contributed by atoms with Gasteiger partial charge >= 0.3 is 0 Å². The van der Waals surface area contributed by atoms with Gasteiger partial charge in [0.2, 0.25) is 0 Å². The first-order chi connectivity index (χ1) is 19.4. The standard InChI is InChI=1S/C34H38N2O4/c1-3-35-31(37)24-11-8-19(13-29(24)33(35)39)5-6-21-15-26-23-17-22(27(18-23)28(26)16-21)10-7-20-9-12-25-30(14-20)34(40)36(4-2)32(25)38/h8-9,11-14,21-23,26-28H,3-7,10,15-18H2,1-2H3. The molecule has 0 saturated heterocycles. The molecule has 6 unspecified atom stereocenters. The Bertz CT molecular complexity index is 1430. The lowest BCUT2D eigenvalue weighted by Crippen LogP contribution is -2.29. The van der Waals surface area contributed by atoms with E-state index in [4.69, 9.17) is 0 Å². The topological polar surface area (TPSA) is 74.8 Å². The molecule has 3 fully saturated rings. The third-order valence-electron chi connectivity index (χ3n) is 11.1. The number of hydrogen-bond donors (Lipinski definition) is 0. The summed E-state index contributed by atoms with van der Waals surface area (Å²) in [5.74, 6) is 4.33. The summed E-state index contributed by atoms with van der Waals surface area (Å²) < 4.78 is 0. The molecule has 0 radical (unpaired) electrons. The number of hydrogen-bond acceptors (Lipinski definition) is 4. The van der Waals surface area contributed by atoms with Crippen LogP contribution in [0, 0.1) is 35.5 Å². The van der Waals surface area contributed by atoms with E-state index in [2.05, 4.69) is 0 Å². The van der Waals surface area contributed by atoms with E-state index >= 15 is 0 Å². The fraction of sp³-hybridized carbons (Fsp3) is 0.529. The molecule has 40 heavy (non-hydrogen) atoms. The predicted molar refractivity (Wildman–Crippen MR) is 151 cm³/mol. The molecule has 6 nitrogen and oxygen atoms in total. The van der Waals surface area contributed by atoms with Crippen LogP contribution in [-0.4, -0.2) is 46.5 Å². The molecule has 2 aromatic rings. The van der Waals surface area contributed by atoms with E-state index in [1.54, 1.807) is 0 Å². The van der Waals surface area contributed by atoms with E-state index < -0.39 is 0 Å². The second-order valence-electron chi connectivity index (χ2n) is 12.9. The number of imide groups is 2. The number of carbonyl (C=O) groups excluding carboxylic acids is 4. The van der Waals surface area contributed by atoms with Crippen molar-refractivity contribution in [2.45, 2.75) is 65.2 Å². The Kier molecular flexibility index (Phi) is 6.21. The monoisotopic (exact) mass is 538 g/mol. The van der Waals surface area contributed by atoms with Crippen LogP contribution in [0.2, 0.25) is 0 Å². The molecular formula is C34H38N2O4. The molecule has 0 aromatic heterocycles. The van der Waals surface area contributed by atoms with Crippen LogP contribution in [0.4, 0.5) is 0 Å². The lowest BCUT2D eigenvalue weighted by Gasteiger charge is -2.31. The molecule has 208 valence electrons. The van der Waals surface area contributed by atoms with Gasteiger partial charge < -0.3 is 0 Å². The van der Waals surface area contributed by atoms with Crippen LogP contribution >= 0.6 is 0 Å². The summed E-state index contributed by atoms with van der Waals surface area (Å²) in [5.41, 5.74) is 4.62. The van der Waals surface area contributed by atoms with Gasteiger partial charge in [0.15, 0.2) is 0 Å². The second kappa shape index (κ2) is 9.67. The van der Waals surface area contributed by atoms with Crippen LogP contribution in [0.5, 0.6) is 0 Å². The first-order valence-electron chi connectivity index (χ1n) is 15.4. The number of nitrogens with zero attached hydrogens (tertiary/aromatic N) is 2. The average Bonchev–Trinajstić information content (AvgIpc) is 3.74. The van der Waals surface area contributed by atoms with Gasteiger partial charge in [0.05, 0.1) is 22.3 Å². The van der Waals surface area contributed by atoms with Gasteiger partial charge in [0.25, 0.3) is 23.6 Å². The highest BCUT2D eigenvalue weighted by Crippen LogP contribution is 2.63. The lowest BCUT2D eigenvalue weighted by atomic mass is 9.74. The maximum Gasteiger partial charge on any atom is 0.261 e. The predicted octanol–water partition coefficient (Wildman–Crippen LogP) is 5.78. The van der Waals surface area contributed by atoms with E-state index in [0.29, 0.717) is 35.3 Å². The average molecular weight is 539 g/mol. The Morgan fingerprint density at radius 3 is 1.70 bits per heavy atom. The summed E-state index contributed by atoms with van der Waals surface area (Å²) in [6, 6.07) is 11.7. The molecule has 2 aliphatic heterocycles. The van der Waals surface area contributed by atoms with E-state index in [-0.39, 0.29) is 23.6 Å². The summed E-state index contributed by atoms with van der Waals surface area (Å²) in [6.07, 6.45) is 9.69. The van der Waals surface area contributed by atoms with Gasteiger partial charge in [-0.2, -0.15) is 0 Å². The van der Waals surface area contributed by atoms with Gasteiger partial charge in [-0.3, -0.25) is 29.0 Å². The Morgan fingerprint density at radius 2 is 1.12 bits per heavy atom. The van der Waals surface area contributed by atoms with Crippen molar-refractivity contribution in [1.29, 1.82) is 0 Å². The van der Waals surface area contributed by atoms with Crippen molar-refractivity contribution in [2.75, 3.05) is 13.1 Å². The molecule has 7 rings (SSSR count). The van der Waals surface area contributed by atoms with Crippen LogP contribution in [0.25, 0.3) is 0 Å². The third kappa shape index (κ3) is 3.89. The van der Waals surface area contributed by atoms with Crippen LogP contribution in [0.3, 0.4) is 0 Å². The largest absolute Gasteiger partial charge is 0.275 e. The summed E-state index contributed by atoms with van der Waals surface area (Å²) in [7, 11) is 0. The van der Waals surface area contributed by atoms with Crippen LogP contribution in [0.15, 0.2) is 36.4 Å². The van der Waals surface area contributed by atoms with E-state index in [1.807, 2.05) is 50.2 Å². The zero-order valence-corrected chi connectivity index (χ0v) is 23.5. The van der Waals surface area contributed by atoms with Gasteiger partial charge in [0.1, 0.15) is 0 Å². The zero-order valence-electron chi connectivity index (χ0n) is 23.5. The van der Waals surface area contributed by atoms with Gasteiger partial charge in [-0.05, 0) is 136 Å². The summed E-state index contributed by atoms with van der Waals surface area (Å²) in [4.78, 5) is 52.8.